The molecule has 142 valence electrons. The summed E-state index contributed by atoms with van der Waals surface area (Å²) in [4.78, 5) is 28.1. The minimum absolute atomic E-state index is 0.0416. The normalized spacial score (nSPS) is 15.9. The average Bonchev–Trinajstić information content (AvgIpc) is 2.66. The first kappa shape index (κ1) is 19.0. The standard InChI is InChI=1S/C19H21N3O4S/c23-18(15-5-4-10-20-14-15)8-9-19(24)21-16-6-3-7-17(13-16)22-11-1-2-12-27(22,25)26/h3-7,10,13-14H,1-2,8-9,11-12H2,(H,21,24). The first-order valence-corrected chi connectivity index (χ1v) is 10.4. The number of benzene rings is 1. The number of carbonyl (C=O) groups is 2. The lowest BCUT2D eigenvalue weighted by Crippen LogP contribution is -2.37. The van der Waals surface area contributed by atoms with Gasteiger partial charge in [0.05, 0.1) is 11.4 Å². The van der Waals surface area contributed by atoms with E-state index in [1.165, 1.54) is 10.5 Å². The fourth-order valence-corrected chi connectivity index (χ4v) is 4.57. The highest BCUT2D eigenvalue weighted by molar-refractivity contribution is 7.92. The molecule has 1 N–H and O–H groups in total. The molecule has 2 heterocycles. The van der Waals surface area contributed by atoms with Crippen LogP contribution >= 0.6 is 0 Å². The molecule has 1 aromatic heterocycles. The molecule has 2 aromatic rings. The van der Waals surface area contributed by atoms with Crippen LogP contribution in [0, 0.1) is 0 Å². The summed E-state index contributed by atoms with van der Waals surface area (Å²) in [6.07, 6.45) is 4.66. The number of sulfonamides is 1. The molecule has 0 spiro atoms. The zero-order chi connectivity index (χ0) is 19.3. The molecule has 0 bridgehead atoms. The number of anilines is 2. The Labute approximate surface area is 158 Å². The van der Waals surface area contributed by atoms with Crippen molar-refractivity contribution in [3.05, 3.63) is 54.4 Å². The van der Waals surface area contributed by atoms with E-state index in [2.05, 4.69) is 10.3 Å². The van der Waals surface area contributed by atoms with Gasteiger partial charge in [0.1, 0.15) is 0 Å². The van der Waals surface area contributed by atoms with Crippen molar-refractivity contribution in [2.75, 3.05) is 21.9 Å². The van der Waals surface area contributed by atoms with E-state index in [9.17, 15) is 18.0 Å². The number of pyridine rings is 1. The van der Waals surface area contributed by atoms with E-state index in [0.717, 1.165) is 6.42 Å². The summed E-state index contributed by atoms with van der Waals surface area (Å²) < 4.78 is 25.8. The minimum atomic E-state index is -3.30. The molecule has 0 unspecified atom stereocenters. The second kappa shape index (κ2) is 8.30. The van der Waals surface area contributed by atoms with Crippen molar-refractivity contribution in [1.82, 2.24) is 4.98 Å². The molecule has 1 aromatic carbocycles. The quantitative estimate of drug-likeness (QED) is 0.769. The second-order valence-corrected chi connectivity index (χ2v) is 8.37. The van der Waals surface area contributed by atoms with Crippen molar-refractivity contribution in [1.29, 1.82) is 0 Å². The molecule has 8 heteroatoms. The van der Waals surface area contributed by atoms with Gasteiger partial charge < -0.3 is 5.32 Å². The maximum atomic E-state index is 12.2. The zero-order valence-corrected chi connectivity index (χ0v) is 15.6. The molecule has 7 nitrogen and oxygen atoms in total. The monoisotopic (exact) mass is 387 g/mol. The van der Waals surface area contributed by atoms with Crippen LogP contribution in [0.15, 0.2) is 48.8 Å². The molecule has 3 rings (SSSR count). The molecular weight excluding hydrogens is 366 g/mol. The molecule has 1 fully saturated rings. The molecule has 1 aliphatic heterocycles. The Kier molecular flexibility index (Phi) is 5.85. The summed E-state index contributed by atoms with van der Waals surface area (Å²) in [5, 5.41) is 2.73. The van der Waals surface area contributed by atoms with Crippen LogP contribution in [0.1, 0.15) is 36.0 Å². The van der Waals surface area contributed by atoms with Crippen LogP contribution in [0.5, 0.6) is 0 Å². The Hall–Kier alpha value is -2.74. The Morgan fingerprint density at radius 3 is 2.70 bits per heavy atom. The van der Waals surface area contributed by atoms with Gasteiger partial charge in [0.15, 0.2) is 5.78 Å². The second-order valence-electron chi connectivity index (χ2n) is 6.36. The Morgan fingerprint density at radius 2 is 1.96 bits per heavy atom. The molecule has 1 amide bonds. The van der Waals surface area contributed by atoms with Gasteiger partial charge >= 0.3 is 0 Å². The van der Waals surface area contributed by atoms with Crippen LogP contribution in [0.4, 0.5) is 11.4 Å². The van der Waals surface area contributed by atoms with Gasteiger partial charge in [-0.1, -0.05) is 6.07 Å². The van der Waals surface area contributed by atoms with Crippen molar-refractivity contribution < 1.29 is 18.0 Å². The molecule has 27 heavy (non-hydrogen) atoms. The maximum Gasteiger partial charge on any atom is 0.235 e. The van der Waals surface area contributed by atoms with Gasteiger partial charge in [-0.15, -0.1) is 0 Å². The van der Waals surface area contributed by atoms with Crippen molar-refractivity contribution in [2.24, 2.45) is 0 Å². The number of Topliss-reactive ketones (excluding diaryl/α,β-unsaturated/α-hetero) is 1. The molecule has 1 aliphatic rings. The molecule has 1 saturated heterocycles. The summed E-state index contributed by atoms with van der Waals surface area (Å²) in [7, 11) is -3.30. The summed E-state index contributed by atoms with van der Waals surface area (Å²) in [5.74, 6) is -0.308. The summed E-state index contributed by atoms with van der Waals surface area (Å²) >= 11 is 0. The largest absolute Gasteiger partial charge is 0.326 e. The fourth-order valence-electron chi connectivity index (χ4n) is 2.94. The van der Waals surface area contributed by atoms with E-state index in [1.807, 2.05) is 0 Å². The van der Waals surface area contributed by atoms with Gasteiger partial charge in [-0.05, 0) is 43.2 Å². The Bertz CT molecular complexity index is 929. The number of rotatable bonds is 6. The van der Waals surface area contributed by atoms with E-state index in [-0.39, 0.29) is 30.3 Å². The van der Waals surface area contributed by atoms with Crippen molar-refractivity contribution in [3.63, 3.8) is 0 Å². The highest BCUT2D eigenvalue weighted by Gasteiger charge is 2.26. The first-order valence-electron chi connectivity index (χ1n) is 8.79. The average molecular weight is 387 g/mol. The maximum absolute atomic E-state index is 12.2. The van der Waals surface area contributed by atoms with Gasteiger partial charge in [0.25, 0.3) is 0 Å². The van der Waals surface area contributed by atoms with Crippen molar-refractivity contribution in [2.45, 2.75) is 25.7 Å². The van der Waals surface area contributed by atoms with Gasteiger partial charge in [-0.3, -0.25) is 18.9 Å². The summed E-state index contributed by atoms with van der Waals surface area (Å²) in [5.41, 5.74) is 1.52. The number of hydrogen-bond acceptors (Lipinski definition) is 5. The lowest BCUT2D eigenvalue weighted by atomic mass is 10.1. The van der Waals surface area contributed by atoms with Gasteiger partial charge in [-0.25, -0.2) is 8.42 Å². The number of ketones is 1. The van der Waals surface area contributed by atoms with Crippen LogP contribution < -0.4 is 9.62 Å². The predicted octanol–water partition coefficient (Wildman–Crippen LogP) is 2.61. The van der Waals surface area contributed by atoms with E-state index < -0.39 is 10.0 Å². The van der Waals surface area contributed by atoms with Crippen molar-refractivity contribution in [3.8, 4) is 0 Å². The number of nitrogens with zero attached hydrogens (tertiary/aromatic N) is 2. The highest BCUT2D eigenvalue weighted by atomic mass is 32.2. The fraction of sp³-hybridized carbons (Fsp3) is 0.316. The topological polar surface area (TPSA) is 96.4 Å². The van der Waals surface area contributed by atoms with Crippen LogP contribution in [0.2, 0.25) is 0 Å². The van der Waals surface area contributed by atoms with Gasteiger partial charge in [-0.2, -0.15) is 0 Å². The first-order chi connectivity index (χ1) is 13.0. The number of aromatic nitrogens is 1. The summed E-state index contributed by atoms with van der Waals surface area (Å²) in [6.45, 7) is 0.444. The molecule has 0 radical (unpaired) electrons. The van der Waals surface area contributed by atoms with E-state index in [1.54, 1.807) is 42.6 Å². The third-order valence-corrected chi connectivity index (χ3v) is 6.20. The van der Waals surface area contributed by atoms with E-state index in [0.29, 0.717) is 29.9 Å². The molecular formula is C19H21N3O4S. The molecule has 0 aliphatic carbocycles. The number of nitrogens with one attached hydrogen (secondary N) is 1. The molecule has 0 atom stereocenters. The van der Waals surface area contributed by atoms with Crippen LogP contribution in [-0.2, 0) is 14.8 Å². The number of amides is 1. The van der Waals surface area contributed by atoms with Crippen LogP contribution in [0.25, 0.3) is 0 Å². The Morgan fingerprint density at radius 1 is 1.11 bits per heavy atom. The number of carbonyl (C=O) groups excluding carboxylic acids is 2. The minimum Gasteiger partial charge on any atom is -0.326 e. The highest BCUT2D eigenvalue weighted by Crippen LogP contribution is 2.26. The molecule has 0 saturated carbocycles. The SMILES string of the molecule is O=C(CCC(=O)c1cccnc1)Nc1cccc(N2CCCCS2(=O)=O)c1. The third-order valence-electron chi connectivity index (χ3n) is 4.33. The lowest BCUT2D eigenvalue weighted by Gasteiger charge is -2.28. The number of hydrogen-bond donors (Lipinski definition) is 1. The zero-order valence-electron chi connectivity index (χ0n) is 14.8. The predicted molar refractivity (Wildman–Crippen MR) is 103 cm³/mol. The van der Waals surface area contributed by atoms with Gasteiger partial charge in [0, 0.05) is 43.0 Å². The lowest BCUT2D eigenvalue weighted by molar-refractivity contribution is -0.116. The summed E-state index contributed by atoms with van der Waals surface area (Å²) in [6, 6.07) is 10.1. The van der Waals surface area contributed by atoms with Crippen molar-refractivity contribution >= 4 is 33.1 Å². The van der Waals surface area contributed by atoms with E-state index in [4.69, 9.17) is 0 Å². The third kappa shape index (κ3) is 4.91. The van der Waals surface area contributed by atoms with Gasteiger partial charge in [0.2, 0.25) is 15.9 Å². The smallest absolute Gasteiger partial charge is 0.235 e. The van der Waals surface area contributed by atoms with Crippen LogP contribution in [0.3, 0.4) is 0 Å². The van der Waals surface area contributed by atoms with Crippen LogP contribution in [-0.4, -0.2) is 37.4 Å². The Balaban J connectivity index is 1.61. The van der Waals surface area contributed by atoms with E-state index >= 15 is 0 Å².